The number of carbonyl (C=O) groups is 2. The molecule has 0 spiro atoms. The van der Waals surface area contributed by atoms with Gasteiger partial charge in [-0.05, 0) is 43.9 Å². The van der Waals surface area contributed by atoms with Gasteiger partial charge in [-0.1, -0.05) is 30.1 Å². The normalized spacial score (nSPS) is 21.4. The number of oxime groups is 1. The van der Waals surface area contributed by atoms with E-state index in [0.29, 0.717) is 17.8 Å². The second-order valence-corrected chi connectivity index (χ2v) is 10.2. The van der Waals surface area contributed by atoms with Gasteiger partial charge in [0.25, 0.3) is 5.91 Å². The van der Waals surface area contributed by atoms with E-state index in [0.717, 1.165) is 31.2 Å². The fraction of sp³-hybridized carbons (Fsp3) is 0.571. The van der Waals surface area contributed by atoms with Crippen LogP contribution in [-0.2, 0) is 24.3 Å². The number of hydrogen-bond acceptors (Lipinski definition) is 6. The van der Waals surface area contributed by atoms with Gasteiger partial charge in [0.1, 0.15) is 0 Å². The summed E-state index contributed by atoms with van der Waals surface area (Å²) in [6, 6.07) is 6.98. The monoisotopic (exact) mass is 435 g/mol. The first-order valence-corrected chi connectivity index (χ1v) is 12.1. The summed E-state index contributed by atoms with van der Waals surface area (Å²) in [5.41, 5.74) is 2.10. The summed E-state index contributed by atoms with van der Waals surface area (Å²) in [7, 11) is -3.07. The molecule has 164 valence electrons. The fourth-order valence-corrected chi connectivity index (χ4v) is 5.90. The van der Waals surface area contributed by atoms with Crippen molar-refractivity contribution in [1.29, 1.82) is 0 Å². The first-order chi connectivity index (χ1) is 14.2. The molecule has 8 nitrogen and oxygen atoms in total. The molecule has 1 N–H and O–H groups in total. The molecule has 1 aliphatic heterocycles. The Balaban J connectivity index is 1.61. The first-order valence-electron chi connectivity index (χ1n) is 10.3. The van der Waals surface area contributed by atoms with Crippen molar-refractivity contribution < 1.29 is 22.8 Å². The van der Waals surface area contributed by atoms with Crippen LogP contribution in [0.3, 0.4) is 0 Å². The molecule has 0 radical (unpaired) electrons. The third-order valence-corrected chi connectivity index (χ3v) is 7.37. The van der Waals surface area contributed by atoms with Crippen LogP contribution in [0.4, 0.5) is 5.69 Å². The Kier molecular flexibility index (Phi) is 7.12. The molecular formula is C21H29N3O5S. The topological polar surface area (TPSA) is 105 Å². The van der Waals surface area contributed by atoms with E-state index in [1.54, 1.807) is 24.0 Å². The second kappa shape index (κ2) is 9.59. The number of carbonyl (C=O) groups excluding carboxylic acids is 2. The molecule has 0 aromatic heterocycles. The molecule has 9 heteroatoms. The zero-order chi connectivity index (χ0) is 21.7. The minimum Gasteiger partial charge on any atom is -0.385 e. The number of nitrogens with zero attached hydrogens (tertiary/aromatic N) is 2. The van der Waals surface area contributed by atoms with E-state index in [2.05, 4.69) is 10.5 Å². The van der Waals surface area contributed by atoms with Gasteiger partial charge in [-0.3, -0.25) is 9.59 Å². The number of benzene rings is 1. The molecule has 1 aromatic carbocycles. The highest BCUT2D eigenvalue weighted by atomic mass is 32.2. The highest BCUT2D eigenvalue weighted by Gasteiger charge is 2.39. The van der Waals surface area contributed by atoms with Gasteiger partial charge in [0, 0.05) is 24.7 Å². The largest absolute Gasteiger partial charge is 0.385 e. The van der Waals surface area contributed by atoms with E-state index in [-0.39, 0.29) is 42.0 Å². The van der Waals surface area contributed by atoms with Crippen molar-refractivity contribution in [3.63, 3.8) is 0 Å². The first kappa shape index (κ1) is 22.3. The number of anilines is 1. The van der Waals surface area contributed by atoms with Crippen molar-refractivity contribution in [2.24, 2.45) is 5.16 Å². The Morgan fingerprint density at radius 3 is 2.33 bits per heavy atom. The fourth-order valence-electron chi connectivity index (χ4n) is 4.19. The lowest BCUT2D eigenvalue weighted by molar-refractivity contribution is -0.140. The molecule has 1 heterocycles. The summed E-state index contributed by atoms with van der Waals surface area (Å²) in [6.07, 6.45) is 4.42. The average molecular weight is 436 g/mol. The quantitative estimate of drug-likeness (QED) is 0.523. The summed E-state index contributed by atoms with van der Waals surface area (Å²) in [5.74, 6) is -0.169. The van der Waals surface area contributed by atoms with E-state index < -0.39 is 9.84 Å². The van der Waals surface area contributed by atoms with Crippen LogP contribution in [0.1, 0.15) is 51.5 Å². The molecule has 0 bridgehead atoms. The predicted molar refractivity (Wildman–Crippen MR) is 115 cm³/mol. The summed E-state index contributed by atoms with van der Waals surface area (Å²) in [5, 5.41) is 6.75. The maximum Gasteiger partial charge on any atom is 0.263 e. The predicted octanol–water partition coefficient (Wildman–Crippen LogP) is 2.34. The number of nitrogens with one attached hydrogen (secondary N) is 1. The molecule has 2 amide bonds. The van der Waals surface area contributed by atoms with Gasteiger partial charge in [-0.15, -0.1) is 0 Å². The SMILES string of the molecule is CC(=O)Nc1ccc(/C(C)=N/OCC(=O)N(C2CCCC2)C2CCS(=O)(=O)C2)cc1. The average Bonchev–Trinajstić information content (AvgIpc) is 3.32. The second-order valence-electron chi connectivity index (χ2n) is 8.00. The highest BCUT2D eigenvalue weighted by molar-refractivity contribution is 7.91. The molecule has 1 saturated heterocycles. The third-order valence-electron chi connectivity index (χ3n) is 5.62. The van der Waals surface area contributed by atoms with E-state index in [1.165, 1.54) is 6.92 Å². The van der Waals surface area contributed by atoms with Crippen molar-refractivity contribution >= 4 is 33.1 Å². The summed E-state index contributed by atoms with van der Waals surface area (Å²) in [4.78, 5) is 31.1. The smallest absolute Gasteiger partial charge is 0.263 e. The Labute approximate surface area is 177 Å². The van der Waals surface area contributed by atoms with Crippen LogP contribution in [0, 0.1) is 0 Å². The van der Waals surface area contributed by atoms with E-state index >= 15 is 0 Å². The van der Waals surface area contributed by atoms with Crippen molar-refractivity contribution in [2.45, 2.75) is 58.0 Å². The molecule has 1 atom stereocenters. The van der Waals surface area contributed by atoms with Crippen LogP contribution < -0.4 is 5.32 Å². The molecule has 1 saturated carbocycles. The third kappa shape index (κ3) is 5.81. The van der Waals surface area contributed by atoms with Gasteiger partial charge in [-0.2, -0.15) is 0 Å². The summed E-state index contributed by atoms with van der Waals surface area (Å²) >= 11 is 0. The Hall–Kier alpha value is -2.42. The number of rotatable bonds is 7. The molecule has 1 unspecified atom stereocenters. The molecule has 2 aliphatic rings. The van der Waals surface area contributed by atoms with E-state index in [1.807, 2.05) is 12.1 Å². The van der Waals surface area contributed by atoms with Gasteiger partial charge in [-0.25, -0.2) is 8.42 Å². The molecule has 1 aliphatic carbocycles. The lowest BCUT2D eigenvalue weighted by atomic mass is 10.1. The Morgan fingerprint density at radius 2 is 1.77 bits per heavy atom. The van der Waals surface area contributed by atoms with E-state index in [9.17, 15) is 18.0 Å². The summed E-state index contributed by atoms with van der Waals surface area (Å²) < 4.78 is 23.8. The van der Waals surface area contributed by atoms with E-state index in [4.69, 9.17) is 4.84 Å². The van der Waals surface area contributed by atoms with Crippen LogP contribution in [0.25, 0.3) is 0 Å². The van der Waals surface area contributed by atoms with Crippen LogP contribution in [-0.4, -0.2) is 61.0 Å². The zero-order valence-corrected chi connectivity index (χ0v) is 18.3. The number of amides is 2. The van der Waals surface area contributed by atoms with Gasteiger partial charge in [0.15, 0.2) is 16.4 Å². The number of sulfone groups is 1. The maximum absolute atomic E-state index is 12.9. The van der Waals surface area contributed by atoms with Crippen LogP contribution >= 0.6 is 0 Å². The van der Waals surface area contributed by atoms with Gasteiger partial charge in [0.05, 0.1) is 17.2 Å². The molecular weight excluding hydrogens is 406 g/mol. The van der Waals surface area contributed by atoms with Crippen molar-refractivity contribution in [2.75, 3.05) is 23.4 Å². The standard InChI is InChI=1S/C21H29N3O5S/c1-15(17-7-9-18(10-8-17)22-16(2)25)23-29-13-21(26)24(19-5-3-4-6-19)20-11-12-30(27,28)14-20/h7-10,19-20H,3-6,11-14H2,1-2H3,(H,22,25)/b23-15+. The van der Waals surface area contributed by atoms with Gasteiger partial charge < -0.3 is 15.1 Å². The van der Waals surface area contributed by atoms with Crippen molar-refractivity contribution in [3.8, 4) is 0 Å². The summed E-state index contributed by atoms with van der Waals surface area (Å²) in [6.45, 7) is 3.01. The molecule has 30 heavy (non-hydrogen) atoms. The highest BCUT2D eigenvalue weighted by Crippen LogP contribution is 2.29. The number of hydrogen-bond donors (Lipinski definition) is 1. The Bertz CT molecular complexity index is 905. The zero-order valence-electron chi connectivity index (χ0n) is 17.5. The van der Waals surface area contributed by atoms with Crippen molar-refractivity contribution in [3.05, 3.63) is 29.8 Å². The van der Waals surface area contributed by atoms with Crippen LogP contribution in [0.2, 0.25) is 0 Å². The van der Waals surface area contributed by atoms with Crippen LogP contribution in [0.5, 0.6) is 0 Å². The lowest BCUT2D eigenvalue weighted by Crippen LogP contribution is -2.48. The van der Waals surface area contributed by atoms with Crippen molar-refractivity contribution in [1.82, 2.24) is 4.90 Å². The lowest BCUT2D eigenvalue weighted by Gasteiger charge is -2.33. The van der Waals surface area contributed by atoms with Crippen LogP contribution in [0.15, 0.2) is 29.4 Å². The minimum absolute atomic E-state index is 0.0399. The Morgan fingerprint density at radius 1 is 1.10 bits per heavy atom. The van der Waals surface area contributed by atoms with Gasteiger partial charge >= 0.3 is 0 Å². The molecule has 1 aromatic rings. The maximum atomic E-state index is 12.9. The van der Waals surface area contributed by atoms with Gasteiger partial charge in [0.2, 0.25) is 5.91 Å². The minimum atomic E-state index is -3.07. The molecule has 3 rings (SSSR count). The molecule has 2 fully saturated rings.